The maximum atomic E-state index is 3.91. The molecule has 2 aliphatic rings. The third-order valence-electron chi connectivity index (χ3n) is 4.95. The van der Waals surface area contributed by atoms with Crippen LogP contribution in [-0.2, 0) is 6.42 Å². The van der Waals surface area contributed by atoms with Crippen molar-refractivity contribution < 1.29 is 0 Å². The number of nitrogens with one attached hydrogen (secondary N) is 1. The number of thioether (sulfide) groups is 1. The summed E-state index contributed by atoms with van der Waals surface area (Å²) in [5.41, 5.74) is 3.21. The molecule has 0 heterocycles. The summed E-state index contributed by atoms with van der Waals surface area (Å²) in [6.07, 6.45) is 8.22. The van der Waals surface area contributed by atoms with E-state index in [1.165, 1.54) is 50.8 Å². The van der Waals surface area contributed by atoms with Crippen molar-refractivity contribution in [3.63, 3.8) is 0 Å². The molecule has 3 rings (SSSR count). The van der Waals surface area contributed by atoms with E-state index < -0.39 is 0 Å². The number of hydrogen-bond acceptors (Lipinski definition) is 2. The molecular formula is C18H27NS. The first-order chi connectivity index (χ1) is 9.88. The van der Waals surface area contributed by atoms with E-state index in [9.17, 15) is 0 Å². The van der Waals surface area contributed by atoms with Crippen LogP contribution in [0.5, 0.6) is 0 Å². The van der Waals surface area contributed by atoms with Crippen LogP contribution in [0.1, 0.15) is 56.1 Å². The molecule has 1 aromatic rings. The maximum absolute atomic E-state index is 3.91. The lowest BCUT2D eigenvalue weighted by atomic mass is 9.83. The third kappa shape index (κ3) is 3.23. The molecule has 110 valence electrons. The van der Waals surface area contributed by atoms with E-state index in [1.807, 2.05) is 0 Å². The Hall–Kier alpha value is -0.470. The van der Waals surface area contributed by atoms with Crippen molar-refractivity contribution in [2.75, 3.05) is 12.3 Å². The molecule has 2 aliphatic carbocycles. The van der Waals surface area contributed by atoms with Crippen molar-refractivity contribution in [3.05, 3.63) is 35.4 Å². The molecule has 0 bridgehead atoms. The first kappa shape index (κ1) is 14.5. The lowest BCUT2D eigenvalue weighted by Gasteiger charge is -2.28. The van der Waals surface area contributed by atoms with Crippen LogP contribution in [0, 0.1) is 0 Å². The minimum atomic E-state index is 0.743. The maximum Gasteiger partial charge on any atom is 0.0201 e. The smallest absolute Gasteiger partial charge is 0.0201 e. The van der Waals surface area contributed by atoms with E-state index in [4.69, 9.17) is 0 Å². The van der Waals surface area contributed by atoms with Gasteiger partial charge in [-0.3, -0.25) is 0 Å². The van der Waals surface area contributed by atoms with E-state index in [1.54, 1.807) is 11.1 Å². The number of benzene rings is 1. The van der Waals surface area contributed by atoms with Gasteiger partial charge in [-0.25, -0.2) is 0 Å². The van der Waals surface area contributed by atoms with Gasteiger partial charge < -0.3 is 5.32 Å². The van der Waals surface area contributed by atoms with E-state index in [2.05, 4.69) is 48.3 Å². The summed E-state index contributed by atoms with van der Waals surface area (Å²) in [6, 6.07) is 9.84. The van der Waals surface area contributed by atoms with Gasteiger partial charge in [0.15, 0.2) is 0 Å². The highest BCUT2D eigenvalue weighted by Crippen LogP contribution is 2.33. The number of aryl methyl sites for hydroxylation is 1. The summed E-state index contributed by atoms with van der Waals surface area (Å²) in [4.78, 5) is 0. The monoisotopic (exact) mass is 289 g/mol. The second-order valence-corrected chi connectivity index (χ2v) is 7.74. The topological polar surface area (TPSA) is 12.0 Å². The second kappa shape index (κ2) is 7.00. The minimum absolute atomic E-state index is 0.743. The van der Waals surface area contributed by atoms with Gasteiger partial charge >= 0.3 is 0 Å². The summed E-state index contributed by atoms with van der Waals surface area (Å²) in [6.45, 7) is 3.47. The van der Waals surface area contributed by atoms with Crippen LogP contribution < -0.4 is 5.32 Å². The van der Waals surface area contributed by atoms with Gasteiger partial charge in [0.2, 0.25) is 0 Å². The van der Waals surface area contributed by atoms with E-state index >= 15 is 0 Å². The Labute approximate surface area is 127 Å². The third-order valence-corrected chi connectivity index (χ3v) is 6.28. The second-order valence-electron chi connectivity index (χ2n) is 6.23. The predicted molar refractivity (Wildman–Crippen MR) is 89.7 cm³/mol. The number of rotatable bonds is 5. The van der Waals surface area contributed by atoms with Gasteiger partial charge in [-0.1, -0.05) is 37.6 Å². The summed E-state index contributed by atoms with van der Waals surface area (Å²) >= 11 is 2.16. The Kier molecular flexibility index (Phi) is 5.06. The quantitative estimate of drug-likeness (QED) is 0.864. The molecule has 0 saturated heterocycles. The van der Waals surface area contributed by atoms with Crippen molar-refractivity contribution in [1.82, 2.24) is 5.32 Å². The van der Waals surface area contributed by atoms with Crippen LogP contribution in [0.15, 0.2) is 24.3 Å². The van der Waals surface area contributed by atoms with Crippen LogP contribution in [0.25, 0.3) is 0 Å². The van der Waals surface area contributed by atoms with Gasteiger partial charge in [0, 0.05) is 17.8 Å². The molecule has 0 radical (unpaired) electrons. The van der Waals surface area contributed by atoms with Gasteiger partial charge in [-0.2, -0.15) is 11.8 Å². The molecule has 3 atom stereocenters. The average Bonchev–Trinajstić information content (AvgIpc) is 2.93. The summed E-state index contributed by atoms with van der Waals surface area (Å²) in [5, 5.41) is 4.77. The highest BCUT2D eigenvalue weighted by molar-refractivity contribution is 7.99. The fourth-order valence-corrected chi connectivity index (χ4v) is 5.16. The molecule has 20 heavy (non-hydrogen) atoms. The molecule has 2 heteroatoms. The molecule has 0 aromatic heterocycles. The van der Waals surface area contributed by atoms with Crippen molar-refractivity contribution in [2.24, 2.45) is 0 Å². The van der Waals surface area contributed by atoms with Gasteiger partial charge in [-0.15, -0.1) is 0 Å². The highest BCUT2D eigenvalue weighted by Gasteiger charge is 2.28. The first-order valence-corrected chi connectivity index (χ1v) is 9.36. The molecule has 1 N–H and O–H groups in total. The molecule has 3 unspecified atom stereocenters. The minimum Gasteiger partial charge on any atom is -0.312 e. The molecule has 1 saturated carbocycles. The van der Waals surface area contributed by atoms with Crippen LogP contribution in [0.4, 0.5) is 0 Å². The summed E-state index contributed by atoms with van der Waals surface area (Å²) in [7, 11) is 0. The molecule has 0 spiro atoms. The summed E-state index contributed by atoms with van der Waals surface area (Å²) in [5.74, 6) is 2.00. The summed E-state index contributed by atoms with van der Waals surface area (Å²) < 4.78 is 0. The van der Waals surface area contributed by atoms with Crippen molar-refractivity contribution >= 4 is 11.8 Å². The van der Waals surface area contributed by atoms with Gasteiger partial charge in [0.25, 0.3) is 0 Å². The first-order valence-electron chi connectivity index (χ1n) is 8.31. The Morgan fingerprint density at radius 3 is 2.95 bits per heavy atom. The normalized spacial score (nSPS) is 29.4. The zero-order chi connectivity index (χ0) is 13.8. The Bertz CT molecular complexity index is 431. The molecule has 1 aromatic carbocycles. The fourth-order valence-electron chi connectivity index (χ4n) is 3.93. The SMILES string of the molecule is CCSC1CCCC1NCC1CCCc2ccccc21. The van der Waals surface area contributed by atoms with Crippen LogP contribution in [0.2, 0.25) is 0 Å². The van der Waals surface area contributed by atoms with Crippen molar-refractivity contribution in [1.29, 1.82) is 0 Å². The molecule has 1 fully saturated rings. The van der Waals surface area contributed by atoms with Crippen LogP contribution in [-0.4, -0.2) is 23.6 Å². The van der Waals surface area contributed by atoms with Gasteiger partial charge in [0.1, 0.15) is 0 Å². The lowest BCUT2D eigenvalue weighted by Crippen LogP contribution is -2.37. The zero-order valence-corrected chi connectivity index (χ0v) is 13.4. The van der Waals surface area contributed by atoms with E-state index in [-0.39, 0.29) is 0 Å². The highest BCUT2D eigenvalue weighted by atomic mass is 32.2. The number of hydrogen-bond donors (Lipinski definition) is 1. The molecular weight excluding hydrogens is 262 g/mol. The Morgan fingerprint density at radius 1 is 1.15 bits per heavy atom. The zero-order valence-electron chi connectivity index (χ0n) is 12.6. The van der Waals surface area contributed by atoms with E-state index in [0.29, 0.717) is 0 Å². The molecule has 1 nitrogen and oxygen atoms in total. The van der Waals surface area contributed by atoms with Crippen molar-refractivity contribution in [3.8, 4) is 0 Å². The average molecular weight is 289 g/mol. The van der Waals surface area contributed by atoms with Gasteiger partial charge in [-0.05, 0) is 54.9 Å². The number of fused-ring (bicyclic) bond motifs is 1. The van der Waals surface area contributed by atoms with Gasteiger partial charge in [0.05, 0.1) is 0 Å². The Balaban J connectivity index is 1.59. The fraction of sp³-hybridized carbons (Fsp3) is 0.667. The predicted octanol–water partition coefficient (Wildman–Crippen LogP) is 4.37. The van der Waals surface area contributed by atoms with Crippen LogP contribution >= 0.6 is 11.8 Å². The molecule has 0 aliphatic heterocycles. The Morgan fingerprint density at radius 2 is 2.05 bits per heavy atom. The molecule has 0 amide bonds. The van der Waals surface area contributed by atoms with Crippen molar-refractivity contribution in [2.45, 2.75) is 62.7 Å². The van der Waals surface area contributed by atoms with Crippen LogP contribution in [0.3, 0.4) is 0 Å². The standard InChI is InChI=1S/C18H27NS/c1-2-20-18-12-6-11-17(18)19-13-15-9-5-8-14-7-3-4-10-16(14)15/h3-4,7,10,15,17-19H,2,5-6,8-9,11-13H2,1H3. The largest absolute Gasteiger partial charge is 0.312 e. The van der Waals surface area contributed by atoms with E-state index in [0.717, 1.165) is 17.2 Å². The lowest BCUT2D eigenvalue weighted by molar-refractivity contribution is 0.458.